The van der Waals surface area contributed by atoms with Gasteiger partial charge in [-0.1, -0.05) is 11.6 Å². The van der Waals surface area contributed by atoms with Gasteiger partial charge in [0.05, 0.1) is 28.6 Å². The first-order valence-corrected chi connectivity index (χ1v) is 5.91. The van der Waals surface area contributed by atoms with Crippen molar-refractivity contribution >= 4 is 35.4 Å². The van der Waals surface area contributed by atoms with Gasteiger partial charge in [0.15, 0.2) is 5.76 Å². The molecule has 8 nitrogen and oxygen atoms in total. The Morgan fingerprint density at radius 2 is 2.19 bits per heavy atom. The lowest BCUT2D eigenvalue weighted by molar-refractivity contribution is -0.402. The largest absolute Gasteiger partial charge is 0.478 e. The Kier molecular flexibility index (Phi) is 4.19. The van der Waals surface area contributed by atoms with Crippen LogP contribution < -0.4 is 5.43 Å². The van der Waals surface area contributed by atoms with Gasteiger partial charge in [0, 0.05) is 0 Å². The number of hydrazone groups is 1. The van der Waals surface area contributed by atoms with Crippen LogP contribution in [0.25, 0.3) is 0 Å². The van der Waals surface area contributed by atoms with Crippen molar-refractivity contribution in [3.63, 3.8) is 0 Å². The number of carboxylic acids is 1. The lowest BCUT2D eigenvalue weighted by Gasteiger charge is -2.03. The SMILES string of the molecule is O=C(O)c1cc(N/N=C/c2ccc([N+](=O)[O-])o2)ccc1Cl. The molecular weight excluding hydrogens is 302 g/mol. The van der Waals surface area contributed by atoms with Gasteiger partial charge in [0.2, 0.25) is 0 Å². The van der Waals surface area contributed by atoms with Gasteiger partial charge in [-0.3, -0.25) is 15.5 Å². The van der Waals surface area contributed by atoms with Gasteiger partial charge in [-0.2, -0.15) is 5.10 Å². The van der Waals surface area contributed by atoms with Crippen LogP contribution in [0, 0.1) is 10.1 Å². The molecule has 0 spiro atoms. The van der Waals surface area contributed by atoms with Crippen molar-refractivity contribution in [2.45, 2.75) is 0 Å². The number of anilines is 1. The van der Waals surface area contributed by atoms with E-state index in [1.807, 2.05) is 0 Å². The van der Waals surface area contributed by atoms with Gasteiger partial charge in [0.25, 0.3) is 0 Å². The van der Waals surface area contributed by atoms with Crippen LogP contribution in [0.4, 0.5) is 11.6 Å². The standard InChI is InChI=1S/C12H8ClN3O5/c13-10-3-1-7(5-9(10)12(17)18)15-14-6-8-2-4-11(21-8)16(19)20/h1-6,15H,(H,17,18)/b14-6+. The molecule has 0 amide bonds. The Balaban J connectivity index is 2.08. The summed E-state index contributed by atoms with van der Waals surface area (Å²) in [6.07, 6.45) is 1.22. The number of carboxylic acid groups (broad SMARTS) is 1. The van der Waals surface area contributed by atoms with E-state index >= 15 is 0 Å². The fraction of sp³-hybridized carbons (Fsp3) is 0. The number of nitrogens with zero attached hydrogens (tertiary/aromatic N) is 2. The van der Waals surface area contributed by atoms with Gasteiger partial charge < -0.3 is 9.52 Å². The maximum atomic E-state index is 10.9. The van der Waals surface area contributed by atoms with Crippen molar-refractivity contribution in [3.8, 4) is 0 Å². The molecule has 0 unspecified atom stereocenters. The van der Waals surface area contributed by atoms with Crippen molar-refractivity contribution in [2.75, 3.05) is 5.43 Å². The van der Waals surface area contributed by atoms with Crippen LogP contribution in [0.5, 0.6) is 0 Å². The van der Waals surface area contributed by atoms with Crippen LogP contribution in [-0.2, 0) is 0 Å². The molecule has 2 N–H and O–H groups in total. The van der Waals surface area contributed by atoms with Crippen LogP contribution in [0.15, 0.2) is 39.9 Å². The first-order chi connectivity index (χ1) is 9.97. The quantitative estimate of drug-likeness (QED) is 0.498. The number of hydrogen-bond acceptors (Lipinski definition) is 6. The number of carbonyl (C=O) groups is 1. The molecule has 2 rings (SSSR count). The highest BCUT2D eigenvalue weighted by atomic mass is 35.5. The monoisotopic (exact) mass is 309 g/mol. The van der Waals surface area contributed by atoms with E-state index in [1.165, 1.54) is 36.5 Å². The summed E-state index contributed by atoms with van der Waals surface area (Å²) < 4.78 is 4.86. The summed E-state index contributed by atoms with van der Waals surface area (Å²) in [7, 11) is 0. The van der Waals surface area contributed by atoms with Gasteiger partial charge in [-0.25, -0.2) is 4.79 Å². The average Bonchev–Trinajstić information content (AvgIpc) is 2.89. The maximum Gasteiger partial charge on any atom is 0.433 e. The van der Waals surface area contributed by atoms with Gasteiger partial charge >= 0.3 is 11.9 Å². The average molecular weight is 310 g/mol. The van der Waals surface area contributed by atoms with Gasteiger partial charge in [0.1, 0.15) is 4.92 Å². The predicted molar refractivity (Wildman–Crippen MR) is 75.0 cm³/mol. The Morgan fingerprint density at radius 1 is 1.43 bits per heavy atom. The summed E-state index contributed by atoms with van der Waals surface area (Å²) in [6.45, 7) is 0. The van der Waals surface area contributed by atoms with E-state index in [0.29, 0.717) is 5.69 Å². The van der Waals surface area contributed by atoms with Gasteiger partial charge in [-0.15, -0.1) is 0 Å². The molecule has 0 bridgehead atoms. The van der Waals surface area contributed by atoms with Crippen molar-refractivity contribution in [3.05, 3.63) is 56.8 Å². The molecule has 21 heavy (non-hydrogen) atoms. The first kappa shape index (κ1) is 14.5. The molecule has 0 fully saturated rings. The second-order valence-corrected chi connectivity index (χ2v) is 4.21. The maximum absolute atomic E-state index is 10.9. The molecule has 0 atom stereocenters. The fourth-order valence-electron chi connectivity index (χ4n) is 1.44. The molecule has 9 heteroatoms. The van der Waals surface area contributed by atoms with Crippen LogP contribution in [0.1, 0.15) is 16.1 Å². The molecule has 108 valence electrons. The zero-order chi connectivity index (χ0) is 15.4. The summed E-state index contributed by atoms with van der Waals surface area (Å²) in [5, 5.41) is 23.2. The van der Waals surface area contributed by atoms with E-state index < -0.39 is 16.8 Å². The number of hydrogen-bond donors (Lipinski definition) is 2. The van der Waals surface area contributed by atoms with Crippen LogP contribution >= 0.6 is 11.6 Å². The Bertz CT molecular complexity index is 725. The number of furan rings is 1. The second kappa shape index (κ2) is 6.06. The summed E-state index contributed by atoms with van der Waals surface area (Å²) in [4.78, 5) is 20.7. The third-order valence-electron chi connectivity index (χ3n) is 2.37. The zero-order valence-corrected chi connectivity index (χ0v) is 11.1. The molecule has 1 heterocycles. The molecule has 0 aliphatic rings. The number of nitro groups is 1. The van der Waals surface area contributed by atoms with E-state index in [-0.39, 0.29) is 16.3 Å². The minimum absolute atomic E-state index is 0.0643. The van der Waals surface area contributed by atoms with E-state index in [1.54, 1.807) is 0 Å². The predicted octanol–water partition coefficient (Wildman–Crippen LogP) is 2.99. The highest BCUT2D eigenvalue weighted by molar-refractivity contribution is 6.33. The molecule has 0 radical (unpaired) electrons. The van der Waals surface area contributed by atoms with Gasteiger partial charge in [-0.05, 0) is 24.3 Å². The lowest BCUT2D eigenvalue weighted by Crippen LogP contribution is -1.99. The van der Waals surface area contributed by atoms with Crippen molar-refractivity contribution in [1.82, 2.24) is 0 Å². The highest BCUT2D eigenvalue weighted by Crippen LogP contribution is 2.20. The van der Waals surface area contributed by atoms with E-state index in [9.17, 15) is 14.9 Å². The molecule has 0 saturated carbocycles. The first-order valence-electron chi connectivity index (χ1n) is 5.53. The van der Waals surface area contributed by atoms with Crippen molar-refractivity contribution in [2.24, 2.45) is 5.10 Å². The van der Waals surface area contributed by atoms with E-state index in [4.69, 9.17) is 21.1 Å². The number of aromatic carboxylic acids is 1. The van der Waals surface area contributed by atoms with Crippen LogP contribution in [0.2, 0.25) is 5.02 Å². The second-order valence-electron chi connectivity index (χ2n) is 3.80. The Morgan fingerprint density at radius 3 is 2.81 bits per heavy atom. The highest BCUT2D eigenvalue weighted by Gasteiger charge is 2.11. The Hall–Kier alpha value is -2.87. The Labute approximate surface area is 122 Å². The zero-order valence-electron chi connectivity index (χ0n) is 10.3. The number of halogens is 1. The number of benzene rings is 1. The summed E-state index contributed by atoms with van der Waals surface area (Å²) in [5.41, 5.74) is 2.90. The molecule has 1 aromatic heterocycles. The summed E-state index contributed by atoms with van der Waals surface area (Å²) in [5.74, 6) is -1.37. The smallest absolute Gasteiger partial charge is 0.433 e. The summed E-state index contributed by atoms with van der Waals surface area (Å²) >= 11 is 5.73. The van der Waals surface area contributed by atoms with E-state index in [0.717, 1.165) is 0 Å². The molecule has 2 aromatic rings. The minimum Gasteiger partial charge on any atom is -0.478 e. The molecule has 0 saturated heterocycles. The topological polar surface area (TPSA) is 118 Å². The molecule has 0 aliphatic carbocycles. The minimum atomic E-state index is -1.16. The van der Waals surface area contributed by atoms with Crippen LogP contribution in [0.3, 0.4) is 0 Å². The number of nitrogens with one attached hydrogen (secondary N) is 1. The third kappa shape index (κ3) is 3.57. The molecule has 1 aromatic carbocycles. The fourth-order valence-corrected chi connectivity index (χ4v) is 1.64. The van der Waals surface area contributed by atoms with Crippen LogP contribution in [-0.4, -0.2) is 22.2 Å². The lowest BCUT2D eigenvalue weighted by atomic mass is 10.2. The van der Waals surface area contributed by atoms with E-state index in [2.05, 4.69) is 10.5 Å². The molecular formula is C12H8ClN3O5. The number of rotatable bonds is 5. The normalized spacial score (nSPS) is 10.7. The summed E-state index contributed by atoms with van der Waals surface area (Å²) in [6, 6.07) is 6.85. The van der Waals surface area contributed by atoms with Crippen molar-refractivity contribution < 1.29 is 19.2 Å². The molecule has 0 aliphatic heterocycles. The van der Waals surface area contributed by atoms with Crippen molar-refractivity contribution in [1.29, 1.82) is 0 Å². The third-order valence-corrected chi connectivity index (χ3v) is 2.70.